The first-order chi connectivity index (χ1) is 15.1. The van der Waals surface area contributed by atoms with Gasteiger partial charge in [0.2, 0.25) is 0 Å². The second kappa shape index (κ2) is 8.17. The minimum Gasteiger partial charge on any atom is -0.383 e. The van der Waals surface area contributed by atoms with Crippen molar-refractivity contribution in [2.24, 2.45) is 0 Å². The zero-order chi connectivity index (χ0) is 22.8. The summed E-state index contributed by atoms with van der Waals surface area (Å²) < 4.78 is 11.1. The Morgan fingerprint density at radius 1 is 0.938 bits per heavy atom. The fourth-order valence-electron chi connectivity index (χ4n) is 7.52. The van der Waals surface area contributed by atoms with Gasteiger partial charge in [0, 0.05) is 68.0 Å². The van der Waals surface area contributed by atoms with Gasteiger partial charge in [-0.05, 0) is 73.3 Å². The first-order valence-electron chi connectivity index (χ1n) is 13.2. The van der Waals surface area contributed by atoms with Crippen LogP contribution < -0.4 is 0 Å². The van der Waals surface area contributed by atoms with Crippen molar-refractivity contribution in [1.29, 1.82) is 0 Å². The highest BCUT2D eigenvalue weighted by Gasteiger charge is 2.60. The van der Waals surface area contributed by atoms with Crippen molar-refractivity contribution in [3.63, 3.8) is 0 Å². The van der Waals surface area contributed by atoms with Gasteiger partial charge in [-0.3, -0.25) is 19.6 Å². The molecule has 1 unspecified atom stereocenters. The molecule has 6 heteroatoms. The van der Waals surface area contributed by atoms with Crippen LogP contribution in [0.4, 0.5) is 0 Å². The molecule has 5 aliphatic heterocycles. The highest BCUT2D eigenvalue weighted by atomic mass is 16.5. The van der Waals surface area contributed by atoms with Crippen LogP contribution in [0, 0.1) is 0 Å². The summed E-state index contributed by atoms with van der Waals surface area (Å²) >= 11 is 0. The number of likely N-dealkylation sites (tertiary alicyclic amines) is 4. The van der Waals surface area contributed by atoms with Gasteiger partial charge in [-0.1, -0.05) is 0 Å². The SMILES string of the molecule is COCCN1CCCC12CN(C(C)(C)CC1CCC3(CN(C(C)(C)C)C3)N1C1COC1)C2. The molecule has 32 heavy (non-hydrogen) atoms. The van der Waals surface area contributed by atoms with Crippen molar-refractivity contribution in [2.45, 2.75) is 101 Å². The zero-order valence-corrected chi connectivity index (χ0v) is 21.7. The molecule has 1 atom stereocenters. The van der Waals surface area contributed by atoms with Crippen LogP contribution in [0.5, 0.6) is 0 Å². The van der Waals surface area contributed by atoms with E-state index >= 15 is 0 Å². The van der Waals surface area contributed by atoms with Crippen LogP contribution in [0.1, 0.15) is 66.7 Å². The maximum atomic E-state index is 5.69. The van der Waals surface area contributed by atoms with E-state index in [0.717, 1.165) is 26.4 Å². The molecule has 5 heterocycles. The Balaban J connectivity index is 1.23. The molecule has 0 saturated carbocycles. The quantitative estimate of drug-likeness (QED) is 0.595. The normalized spacial score (nSPS) is 31.9. The molecule has 0 amide bonds. The molecule has 5 rings (SSSR count). The average Bonchev–Trinajstić information content (AvgIpc) is 3.17. The summed E-state index contributed by atoms with van der Waals surface area (Å²) in [7, 11) is 1.83. The van der Waals surface area contributed by atoms with Crippen molar-refractivity contribution in [3.05, 3.63) is 0 Å². The number of methoxy groups -OCH3 is 1. The van der Waals surface area contributed by atoms with E-state index < -0.39 is 0 Å². The molecule has 2 spiro atoms. The molecule has 0 aromatic heterocycles. The molecule has 5 saturated heterocycles. The van der Waals surface area contributed by atoms with Crippen molar-refractivity contribution in [3.8, 4) is 0 Å². The summed E-state index contributed by atoms with van der Waals surface area (Å²) in [6.45, 7) is 22.2. The van der Waals surface area contributed by atoms with Gasteiger partial charge in [0.15, 0.2) is 0 Å². The standard InChI is InChI=1S/C26H48N4O2/c1-23(2,3)28-19-26(20-28)10-8-21(30(26)22-15-32-16-22)14-24(4,5)29-17-25(18-29)9-7-11-27(25)12-13-31-6/h21-22H,7-20H2,1-6H3. The highest BCUT2D eigenvalue weighted by molar-refractivity contribution is 5.16. The smallest absolute Gasteiger partial charge is 0.0645 e. The fraction of sp³-hybridized carbons (Fsp3) is 1.00. The highest BCUT2D eigenvalue weighted by Crippen LogP contribution is 2.49. The van der Waals surface area contributed by atoms with Gasteiger partial charge in [-0.2, -0.15) is 0 Å². The lowest BCUT2D eigenvalue weighted by Gasteiger charge is -2.62. The third kappa shape index (κ3) is 3.87. The Labute approximate surface area is 196 Å². The van der Waals surface area contributed by atoms with E-state index in [-0.39, 0.29) is 11.1 Å². The largest absolute Gasteiger partial charge is 0.383 e. The summed E-state index contributed by atoms with van der Waals surface area (Å²) in [6.07, 6.45) is 6.73. The van der Waals surface area contributed by atoms with Crippen molar-refractivity contribution >= 4 is 0 Å². The van der Waals surface area contributed by atoms with Gasteiger partial charge < -0.3 is 9.47 Å². The molecular formula is C26H48N4O2. The van der Waals surface area contributed by atoms with Crippen LogP contribution in [-0.2, 0) is 9.47 Å². The molecular weight excluding hydrogens is 400 g/mol. The molecule has 184 valence electrons. The lowest BCUT2D eigenvalue weighted by atomic mass is 9.80. The van der Waals surface area contributed by atoms with Gasteiger partial charge in [0.25, 0.3) is 0 Å². The Bertz CT molecular complexity index is 674. The van der Waals surface area contributed by atoms with Crippen LogP contribution >= 0.6 is 0 Å². The Morgan fingerprint density at radius 2 is 1.62 bits per heavy atom. The maximum absolute atomic E-state index is 5.69. The summed E-state index contributed by atoms with van der Waals surface area (Å²) in [5.41, 5.74) is 1.37. The first kappa shape index (κ1) is 23.5. The Morgan fingerprint density at radius 3 is 2.22 bits per heavy atom. The van der Waals surface area contributed by atoms with Crippen LogP contribution in [0.15, 0.2) is 0 Å². The molecule has 0 radical (unpaired) electrons. The molecule has 0 N–H and O–H groups in total. The predicted molar refractivity (Wildman–Crippen MR) is 129 cm³/mol. The van der Waals surface area contributed by atoms with E-state index in [0.29, 0.717) is 23.2 Å². The predicted octanol–water partition coefficient (Wildman–Crippen LogP) is 2.67. The second-order valence-corrected chi connectivity index (χ2v) is 13.2. The van der Waals surface area contributed by atoms with E-state index in [1.54, 1.807) is 0 Å². The van der Waals surface area contributed by atoms with Gasteiger partial charge in [-0.15, -0.1) is 0 Å². The molecule has 5 aliphatic rings. The number of hydrogen-bond acceptors (Lipinski definition) is 6. The van der Waals surface area contributed by atoms with Gasteiger partial charge in [0.1, 0.15) is 0 Å². The van der Waals surface area contributed by atoms with Crippen LogP contribution in [0.2, 0.25) is 0 Å². The maximum Gasteiger partial charge on any atom is 0.0645 e. The van der Waals surface area contributed by atoms with Crippen molar-refractivity contribution in [2.75, 3.05) is 66.2 Å². The Hall–Kier alpha value is -0.240. The molecule has 0 aromatic carbocycles. The van der Waals surface area contributed by atoms with Gasteiger partial charge >= 0.3 is 0 Å². The third-order valence-corrected chi connectivity index (χ3v) is 9.68. The molecule has 0 aromatic rings. The fourth-order valence-corrected chi connectivity index (χ4v) is 7.52. The van der Waals surface area contributed by atoms with Crippen molar-refractivity contribution in [1.82, 2.24) is 19.6 Å². The van der Waals surface area contributed by atoms with E-state index in [1.165, 1.54) is 64.8 Å². The monoisotopic (exact) mass is 448 g/mol. The van der Waals surface area contributed by atoms with Crippen molar-refractivity contribution < 1.29 is 9.47 Å². The van der Waals surface area contributed by atoms with Crippen LogP contribution in [-0.4, -0.2) is 120 Å². The lowest BCUT2D eigenvalue weighted by molar-refractivity contribution is -0.162. The summed E-state index contributed by atoms with van der Waals surface area (Å²) in [5, 5.41) is 0. The number of ether oxygens (including phenoxy) is 2. The first-order valence-corrected chi connectivity index (χ1v) is 13.2. The van der Waals surface area contributed by atoms with E-state index in [9.17, 15) is 0 Å². The molecule has 0 bridgehead atoms. The number of hydrogen-bond donors (Lipinski definition) is 0. The summed E-state index contributed by atoms with van der Waals surface area (Å²) in [4.78, 5) is 11.2. The van der Waals surface area contributed by atoms with E-state index in [4.69, 9.17) is 9.47 Å². The van der Waals surface area contributed by atoms with Crippen LogP contribution in [0.25, 0.3) is 0 Å². The zero-order valence-electron chi connectivity index (χ0n) is 21.7. The molecule has 5 fully saturated rings. The van der Waals surface area contributed by atoms with E-state index in [2.05, 4.69) is 54.2 Å². The summed E-state index contributed by atoms with van der Waals surface area (Å²) in [5.74, 6) is 0. The number of rotatable bonds is 7. The lowest BCUT2D eigenvalue weighted by Crippen LogP contribution is -2.76. The second-order valence-electron chi connectivity index (χ2n) is 13.2. The number of nitrogens with zero attached hydrogens (tertiary/aromatic N) is 4. The van der Waals surface area contributed by atoms with Crippen LogP contribution in [0.3, 0.4) is 0 Å². The molecule has 0 aliphatic carbocycles. The van der Waals surface area contributed by atoms with Gasteiger partial charge in [0.05, 0.1) is 25.9 Å². The topological polar surface area (TPSA) is 31.4 Å². The minimum absolute atomic E-state index is 0.257. The minimum atomic E-state index is 0.257. The Kier molecular flexibility index (Phi) is 6.00. The van der Waals surface area contributed by atoms with Gasteiger partial charge in [-0.25, -0.2) is 0 Å². The average molecular weight is 449 g/mol. The summed E-state index contributed by atoms with van der Waals surface area (Å²) in [6, 6.07) is 1.34. The third-order valence-electron chi connectivity index (χ3n) is 9.68. The van der Waals surface area contributed by atoms with E-state index in [1.807, 2.05) is 7.11 Å². The molecule has 6 nitrogen and oxygen atoms in total.